The molecule has 1 aliphatic rings. The van der Waals surface area contributed by atoms with E-state index in [0.29, 0.717) is 30.6 Å². The summed E-state index contributed by atoms with van der Waals surface area (Å²) in [6.45, 7) is 3.55. The molecule has 0 saturated carbocycles. The number of carboxylic acid groups (broad SMARTS) is 1. The maximum absolute atomic E-state index is 12.4. The Morgan fingerprint density at radius 3 is 2.75 bits per heavy atom. The molecular formula is C21H22N6O4S. The van der Waals surface area contributed by atoms with Crippen LogP contribution in [0.25, 0.3) is 5.69 Å². The van der Waals surface area contributed by atoms with Crippen molar-refractivity contribution in [2.75, 3.05) is 37.0 Å². The fourth-order valence-corrected chi connectivity index (χ4v) is 4.04. The van der Waals surface area contributed by atoms with Gasteiger partial charge in [0.1, 0.15) is 0 Å². The normalized spacial score (nSPS) is 13.7. The van der Waals surface area contributed by atoms with E-state index in [1.54, 1.807) is 18.2 Å². The standard InChI is InChI=1S/C21H22N6O4S/c28-19(22-13-15-4-3-5-16(12-15)26-8-10-31-11-9-26)14-32-21-23-24-25-27(21)18-7-2-1-6-17(18)20(29)30/h1-7,12H,8-11,13-14H2,(H,22,28)(H,29,30). The zero-order valence-electron chi connectivity index (χ0n) is 17.2. The molecule has 166 valence electrons. The summed E-state index contributed by atoms with van der Waals surface area (Å²) in [4.78, 5) is 26.1. The lowest BCUT2D eigenvalue weighted by molar-refractivity contribution is -0.118. The summed E-state index contributed by atoms with van der Waals surface area (Å²) in [5.74, 6) is -1.16. The van der Waals surface area contributed by atoms with Crippen molar-refractivity contribution >= 4 is 29.3 Å². The van der Waals surface area contributed by atoms with Gasteiger partial charge in [0, 0.05) is 25.3 Å². The van der Waals surface area contributed by atoms with E-state index < -0.39 is 5.97 Å². The quantitative estimate of drug-likeness (QED) is 0.489. The van der Waals surface area contributed by atoms with Gasteiger partial charge in [-0.15, -0.1) is 5.10 Å². The number of para-hydroxylation sites is 1. The Morgan fingerprint density at radius 2 is 1.94 bits per heavy atom. The van der Waals surface area contributed by atoms with Gasteiger partial charge in [-0.1, -0.05) is 36.0 Å². The SMILES string of the molecule is O=C(CSc1nnnn1-c1ccccc1C(=O)O)NCc1cccc(N2CCOCC2)c1. The van der Waals surface area contributed by atoms with Gasteiger partial charge in [-0.3, -0.25) is 4.79 Å². The molecule has 2 N–H and O–H groups in total. The first kappa shape index (κ1) is 21.8. The molecule has 0 unspecified atom stereocenters. The number of hydrogen-bond donors (Lipinski definition) is 2. The van der Waals surface area contributed by atoms with E-state index in [2.05, 4.69) is 37.9 Å². The number of nitrogens with zero attached hydrogens (tertiary/aromatic N) is 5. The number of amides is 1. The van der Waals surface area contributed by atoms with E-state index >= 15 is 0 Å². The third-order valence-electron chi connectivity index (χ3n) is 4.91. The summed E-state index contributed by atoms with van der Waals surface area (Å²) in [5, 5.41) is 24.1. The summed E-state index contributed by atoms with van der Waals surface area (Å²) in [6, 6.07) is 14.5. The van der Waals surface area contributed by atoms with E-state index in [-0.39, 0.29) is 17.2 Å². The van der Waals surface area contributed by atoms with Crippen molar-refractivity contribution < 1.29 is 19.4 Å². The van der Waals surface area contributed by atoms with Crippen molar-refractivity contribution in [3.63, 3.8) is 0 Å². The summed E-state index contributed by atoms with van der Waals surface area (Å²) in [6.07, 6.45) is 0. The molecule has 0 bridgehead atoms. The zero-order valence-corrected chi connectivity index (χ0v) is 18.0. The fraction of sp³-hybridized carbons (Fsp3) is 0.286. The van der Waals surface area contributed by atoms with Crippen molar-refractivity contribution in [2.24, 2.45) is 0 Å². The van der Waals surface area contributed by atoms with Gasteiger partial charge in [0.15, 0.2) is 0 Å². The van der Waals surface area contributed by atoms with Crippen LogP contribution in [0.5, 0.6) is 0 Å². The molecule has 1 aliphatic heterocycles. The number of ether oxygens (including phenoxy) is 1. The number of carboxylic acids is 1. The van der Waals surface area contributed by atoms with E-state index in [4.69, 9.17) is 4.74 Å². The summed E-state index contributed by atoms with van der Waals surface area (Å²) < 4.78 is 6.72. The van der Waals surface area contributed by atoms with Gasteiger partial charge in [0.25, 0.3) is 0 Å². The highest BCUT2D eigenvalue weighted by molar-refractivity contribution is 7.99. The second-order valence-corrected chi connectivity index (χ2v) is 7.97. The maximum Gasteiger partial charge on any atom is 0.337 e. The number of benzene rings is 2. The number of nitrogens with one attached hydrogen (secondary N) is 1. The molecule has 4 rings (SSSR count). The predicted octanol–water partition coefficient (Wildman–Crippen LogP) is 1.61. The first-order valence-electron chi connectivity index (χ1n) is 10.0. The Kier molecular flexibility index (Phi) is 6.97. The van der Waals surface area contributed by atoms with E-state index in [0.717, 1.165) is 36.1 Å². The van der Waals surface area contributed by atoms with Crippen molar-refractivity contribution in [1.82, 2.24) is 25.5 Å². The van der Waals surface area contributed by atoms with Gasteiger partial charge in [-0.25, -0.2) is 4.79 Å². The van der Waals surface area contributed by atoms with Gasteiger partial charge >= 0.3 is 5.97 Å². The number of aromatic carboxylic acids is 1. The first-order chi connectivity index (χ1) is 15.6. The van der Waals surface area contributed by atoms with E-state index in [1.165, 1.54) is 10.7 Å². The molecule has 0 aliphatic carbocycles. The molecule has 0 spiro atoms. The van der Waals surface area contributed by atoms with Gasteiger partial charge < -0.3 is 20.1 Å². The van der Waals surface area contributed by atoms with E-state index in [9.17, 15) is 14.7 Å². The van der Waals surface area contributed by atoms with Gasteiger partial charge in [0.05, 0.1) is 30.2 Å². The van der Waals surface area contributed by atoms with Crippen LogP contribution in [-0.2, 0) is 16.1 Å². The van der Waals surface area contributed by atoms with Crippen LogP contribution in [0.2, 0.25) is 0 Å². The average molecular weight is 455 g/mol. The Balaban J connectivity index is 1.34. The van der Waals surface area contributed by atoms with Gasteiger partial charge in [-0.2, -0.15) is 4.68 Å². The monoisotopic (exact) mass is 454 g/mol. The molecule has 1 fully saturated rings. The number of morpholine rings is 1. The Bertz CT molecular complexity index is 1100. The molecule has 0 radical (unpaired) electrons. The molecule has 32 heavy (non-hydrogen) atoms. The first-order valence-corrected chi connectivity index (χ1v) is 11.0. The Hall–Kier alpha value is -3.44. The number of anilines is 1. The Labute approximate surface area is 188 Å². The van der Waals surface area contributed by atoms with Crippen molar-refractivity contribution in [1.29, 1.82) is 0 Å². The molecular weight excluding hydrogens is 432 g/mol. The summed E-state index contributed by atoms with van der Waals surface area (Å²) in [7, 11) is 0. The topological polar surface area (TPSA) is 122 Å². The molecule has 1 aromatic heterocycles. The highest BCUT2D eigenvalue weighted by atomic mass is 32.2. The number of thioether (sulfide) groups is 1. The third kappa shape index (κ3) is 5.24. The lowest BCUT2D eigenvalue weighted by Crippen LogP contribution is -2.36. The van der Waals surface area contributed by atoms with Crippen LogP contribution >= 0.6 is 11.8 Å². The maximum atomic E-state index is 12.4. The minimum absolute atomic E-state index is 0.0752. The Morgan fingerprint density at radius 1 is 1.12 bits per heavy atom. The number of rotatable bonds is 8. The second kappa shape index (κ2) is 10.2. The van der Waals surface area contributed by atoms with Crippen molar-refractivity contribution in [3.05, 3.63) is 59.7 Å². The average Bonchev–Trinajstić information content (AvgIpc) is 3.30. The molecule has 1 amide bonds. The van der Waals surface area contributed by atoms with Crippen LogP contribution in [0.3, 0.4) is 0 Å². The van der Waals surface area contributed by atoms with Crippen molar-refractivity contribution in [3.8, 4) is 5.69 Å². The summed E-state index contributed by atoms with van der Waals surface area (Å²) in [5.41, 5.74) is 2.54. The molecule has 0 atom stereocenters. The van der Waals surface area contributed by atoms with Crippen LogP contribution in [0.4, 0.5) is 5.69 Å². The van der Waals surface area contributed by atoms with Crippen molar-refractivity contribution in [2.45, 2.75) is 11.7 Å². The highest BCUT2D eigenvalue weighted by Crippen LogP contribution is 2.21. The number of carbonyl (C=O) groups excluding carboxylic acids is 1. The molecule has 3 aromatic rings. The molecule has 11 heteroatoms. The van der Waals surface area contributed by atoms with Crippen LogP contribution in [-0.4, -0.2) is 69.2 Å². The van der Waals surface area contributed by atoms with Crippen LogP contribution in [0.15, 0.2) is 53.7 Å². The minimum atomic E-state index is -1.08. The smallest absolute Gasteiger partial charge is 0.337 e. The van der Waals surface area contributed by atoms with Crippen LogP contribution in [0, 0.1) is 0 Å². The summed E-state index contributed by atoms with van der Waals surface area (Å²) >= 11 is 1.14. The number of carbonyl (C=O) groups is 2. The molecule has 2 heterocycles. The van der Waals surface area contributed by atoms with Crippen LogP contribution < -0.4 is 10.2 Å². The number of aromatic nitrogens is 4. The fourth-order valence-electron chi connectivity index (χ4n) is 3.33. The second-order valence-electron chi connectivity index (χ2n) is 7.03. The zero-order chi connectivity index (χ0) is 22.3. The largest absolute Gasteiger partial charge is 0.478 e. The lowest BCUT2D eigenvalue weighted by atomic mass is 10.2. The lowest BCUT2D eigenvalue weighted by Gasteiger charge is -2.29. The van der Waals surface area contributed by atoms with E-state index in [1.807, 2.05) is 12.1 Å². The van der Waals surface area contributed by atoms with Gasteiger partial charge in [-0.05, 0) is 40.3 Å². The highest BCUT2D eigenvalue weighted by Gasteiger charge is 2.17. The molecule has 10 nitrogen and oxygen atoms in total. The van der Waals surface area contributed by atoms with Gasteiger partial charge in [0.2, 0.25) is 11.1 Å². The molecule has 2 aromatic carbocycles. The van der Waals surface area contributed by atoms with Crippen LogP contribution in [0.1, 0.15) is 15.9 Å². The predicted molar refractivity (Wildman–Crippen MR) is 118 cm³/mol. The third-order valence-corrected chi connectivity index (χ3v) is 5.83. The molecule has 1 saturated heterocycles. The number of hydrogen-bond acceptors (Lipinski definition) is 8. The number of tetrazole rings is 1. The minimum Gasteiger partial charge on any atom is -0.478 e.